The molecule has 0 aromatic carbocycles. The molecular weight excluding hydrogens is 124 g/mol. The van der Waals surface area contributed by atoms with Crippen molar-refractivity contribution < 1.29 is 0 Å². The molecule has 3 N–H and O–H groups in total. The molecule has 0 aromatic heterocycles. The lowest BCUT2D eigenvalue weighted by molar-refractivity contribution is 0.865. The lowest BCUT2D eigenvalue weighted by atomic mass is 10.3. The lowest BCUT2D eigenvalue weighted by Gasteiger charge is -1.98. The minimum Gasteiger partial charge on any atom is -0.329 e. The van der Waals surface area contributed by atoms with Crippen LogP contribution in [0, 0.1) is 0 Å². The van der Waals surface area contributed by atoms with Gasteiger partial charge in [0.05, 0.1) is 0 Å². The van der Waals surface area contributed by atoms with Gasteiger partial charge >= 0.3 is 0 Å². The van der Waals surface area contributed by atoms with Crippen LogP contribution in [0.5, 0.6) is 0 Å². The summed E-state index contributed by atoms with van der Waals surface area (Å²) in [5.41, 5.74) is 4.81. The fourth-order valence-corrected chi connectivity index (χ4v) is 0.144. The van der Waals surface area contributed by atoms with Gasteiger partial charge in [0.2, 0.25) is 0 Å². The van der Waals surface area contributed by atoms with Gasteiger partial charge in [-0.25, -0.2) is 0 Å². The van der Waals surface area contributed by atoms with E-state index in [2.05, 4.69) is 5.43 Å². The Bertz CT molecular complexity index is 84.4. The summed E-state index contributed by atoms with van der Waals surface area (Å²) in [6.07, 6.45) is 0. The summed E-state index contributed by atoms with van der Waals surface area (Å²) in [4.78, 5) is 0. The third-order valence-corrected chi connectivity index (χ3v) is 0.967. The third kappa shape index (κ3) is 3.96. The van der Waals surface area contributed by atoms with Crippen molar-refractivity contribution in [3.63, 3.8) is 0 Å². The fraction of sp³-hybridized carbons (Fsp3) is 0.600. The molecule has 0 saturated carbocycles. The van der Waals surface area contributed by atoms with Crippen LogP contribution < -0.4 is 11.3 Å². The van der Waals surface area contributed by atoms with Gasteiger partial charge in [-0.05, 0) is 20.8 Å². The zero-order chi connectivity index (χ0) is 5.86. The Balaban J connectivity index is 0. The predicted octanol–water partition coefficient (Wildman–Crippen LogP) is 1.19. The van der Waals surface area contributed by atoms with Crippen molar-refractivity contribution in [3.8, 4) is 0 Å². The number of rotatable bonds is 1. The van der Waals surface area contributed by atoms with E-state index < -0.39 is 0 Å². The molecule has 0 atom stereocenters. The Morgan fingerprint density at radius 2 is 1.62 bits per heavy atom. The molecule has 3 heteroatoms. The number of halogens is 1. The summed E-state index contributed by atoms with van der Waals surface area (Å²) in [7, 11) is 0. The second kappa shape index (κ2) is 4.94. The van der Waals surface area contributed by atoms with E-state index >= 15 is 0 Å². The summed E-state index contributed by atoms with van der Waals surface area (Å²) in [6.45, 7) is 5.96. The second-order valence-electron chi connectivity index (χ2n) is 1.77. The maximum absolute atomic E-state index is 5.07. The molecule has 0 aliphatic carbocycles. The van der Waals surface area contributed by atoms with Crippen molar-refractivity contribution >= 4 is 12.4 Å². The topological polar surface area (TPSA) is 38.0 Å². The molecule has 50 valence electrons. The molecule has 0 saturated heterocycles. The molecular formula is C5H13ClN2. The van der Waals surface area contributed by atoms with Gasteiger partial charge in [0.25, 0.3) is 0 Å². The molecule has 0 rings (SSSR count). The minimum absolute atomic E-state index is 0. The average Bonchev–Trinajstić information content (AvgIpc) is 1.65. The summed E-state index contributed by atoms with van der Waals surface area (Å²) in [5.74, 6) is 5.07. The van der Waals surface area contributed by atoms with Gasteiger partial charge in [0.1, 0.15) is 0 Å². The van der Waals surface area contributed by atoms with E-state index in [9.17, 15) is 0 Å². The van der Waals surface area contributed by atoms with E-state index in [-0.39, 0.29) is 12.4 Å². The van der Waals surface area contributed by atoms with Crippen LogP contribution in [-0.4, -0.2) is 0 Å². The van der Waals surface area contributed by atoms with Gasteiger partial charge in [-0.3, -0.25) is 5.84 Å². The van der Waals surface area contributed by atoms with Crippen molar-refractivity contribution in [2.75, 3.05) is 0 Å². The Morgan fingerprint density at radius 3 is 1.62 bits per heavy atom. The minimum atomic E-state index is 0. The highest BCUT2D eigenvalue weighted by atomic mass is 35.5. The lowest BCUT2D eigenvalue weighted by Crippen LogP contribution is -2.19. The number of hydrogen-bond acceptors (Lipinski definition) is 2. The molecule has 8 heavy (non-hydrogen) atoms. The van der Waals surface area contributed by atoms with Crippen molar-refractivity contribution in [1.82, 2.24) is 5.43 Å². The van der Waals surface area contributed by atoms with Crippen LogP contribution in [0.25, 0.3) is 0 Å². The quantitative estimate of drug-likeness (QED) is 0.420. The molecule has 0 amide bonds. The number of nitrogens with two attached hydrogens (primary N) is 1. The van der Waals surface area contributed by atoms with Gasteiger partial charge in [-0.2, -0.15) is 0 Å². The smallest absolute Gasteiger partial charge is 0.0214 e. The molecule has 0 aromatic rings. The molecule has 0 unspecified atom stereocenters. The number of hydrazine groups is 1. The van der Waals surface area contributed by atoms with Crippen molar-refractivity contribution in [1.29, 1.82) is 0 Å². The average molecular weight is 137 g/mol. The van der Waals surface area contributed by atoms with Crippen molar-refractivity contribution in [3.05, 3.63) is 11.3 Å². The van der Waals surface area contributed by atoms with Crippen LogP contribution in [0.3, 0.4) is 0 Å². The Labute approximate surface area is 56.5 Å². The SMILES string of the molecule is CC(C)=C(C)NN.Cl. The molecule has 0 heterocycles. The zero-order valence-corrected chi connectivity index (χ0v) is 6.30. The second-order valence-corrected chi connectivity index (χ2v) is 1.77. The van der Waals surface area contributed by atoms with E-state index in [1.54, 1.807) is 0 Å². The van der Waals surface area contributed by atoms with Gasteiger partial charge in [0, 0.05) is 5.70 Å². The number of hydrogen-bond donors (Lipinski definition) is 2. The van der Waals surface area contributed by atoms with Crippen LogP contribution in [0.15, 0.2) is 11.3 Å². The van der Waals surface area contributed by atoms with Crippen LogP contribution in [0.2, 0.25) is 0 Å². The molecule has 0 fully saturated rings. The van der Waals surface area contributed by atoms with Crippen LogP contribution in [-0.2, 0) is 0 Å². The molecule has 0 bridgehead atoms. The number of allylic oxidation sites excluding steroid dienone is 2. The summed E-state index contributed by atoms with van der Waals surface area (Å²) in [5, 5.41) is 0. The Kier molecular flexibility index (Phi) is 6.61. The molecule has 0 aliphatic heterocycles. The van der Waals surface area contributed by atoms with E-state index in [0.29, 0.717) is 0 Å². The van der Waals surface area contributed by atoms with E-state index in [4.69, 9.17) is 5.84 Å². The molecule has 0 spiro atoms. The molecule has 2 nitrogen and oxygen atoms in total. The van der Waals surface area contributed by atoms with Crippen molar-refractivity contribution in [2.45, 2.75) is 20.8 Å². The fourth-order valence-electron chi connectivity index (χ4n) is 0.144. The van der Waals surface area contributed by atoms with Crippen LogP contribution in [0.4, 0.5) is 0 Å². The monoisotopic (exact) mass is 136 g/mol. The Morgan fingerprint density at radius 1 is 1.25 bits per heavy atom. The van der Waals surface area contributed by atoms with E-state index in [1.165, 1.54) is 5.57 Å². The molecule has 0 aliphatic rings. The van der Waals surface area contributed by atoms with Crippen molar-refractivity contribution in [2.24, 2.45) is 5.84 Å². The van der Waals surface area contributed by atoms with Gasteiger partial charge < -0.3 is 5.43 Å². The zero-order valence-electron chi connectivity index (χ0n) is 5.49. The highest BCUT2D eigenvalue weighted by molar-refractivity contribution is 5.85. The normalized spacial score (nSPS) is 7.00. The van der Waals surface area contributed by atoms with Gasteiger partial charge in [-0.1, -0.05) is 5.57 Å². The highest BCUT2D eigenvalue weighted by Crippen LogP contribution is 1.93. The predicted molar refractivity (Wildman–Crippen MR) is 38.6 cm³/mol. The van der Waals surface area contributed by atoms with E-state index in [1.807, 2.05) is 20.8 Å². The first-order valence-corrected chi connectivity index (χ1v) is 2.29. The summed E-state index contributed by atoms with van der Waals surface area (Å²) in [6, 6.07) is 0. The van der Waals surface area contributed by atoms with Gasteiger partial charge in [-0.15, -0.1) is 12.4 Å². The van der Waals surface area contributed by atoms with Crippen LogP contribution in [0.1, 0.15) is 20.8 Å². The Hall–Kier alpha value is -0.210. The first-order chi connectivity index (χ1) is 3.18. The van der Waals surface area contributed by atoms with Gasteiger partial charge in [0.15, 0.2) is 0 Å². The summed E-state index contributed by atoms with van der Waals surface area (Å²) >= 11 is 0. The summed E-state index contributed by atoms with van der Waals surface area (Å²) < 4.78 is 0. The highest BCUT2D eigenvalue weighted by Gasteiger charge is 1.81. The first-order valence-electron chi connectivity index (χ1n) is 2.29. The first kappa shape index (κ1) is 10.7. The largest absolute Gasteiger partial charge is 0.329 e. The third-order valence-electron chi connectivity index (χ3n) is 0.967. The maximum Gasteiger partial charge on any atom is 0.0214 e. The standard InChI is InChI=1S/C5H12N2.ClH/c1-4(2)5(3)7-6;/h7H,6H2,1-3H3;1H. The van der Waals surface area contributed by atoms with Crippen LogP contribution >= 0.6 is 12.4 Å². The van der Waals surface area contributed by atoms with E-state index in [0.717, 1.165) is 5.70 Å². The molecule has 0 radical (unpaired) electrons. The maximum atomic E-state index is 5.07. The number of nitrogens with one attached hydrogen (secondary N) is 1.